The van der Waals surface area contributed by atoms with Crippen LogP contribution in [0, 0.1) is 0 Å². The lowest BCUT2D eigenvalue weighted by molar-refractivity contribution is -0.120. The molecule has 1 aromatic carbocycles. The van der Waals surface area contributed by atoms with Gasteiger partial charge in [-0.15, -0.1) is 0 Å². The number of nitrogens with zero attached hydrogens (tertiary/aromatic N) is 1. The second-order valence-corrected chi connectivity index (χ2v) is 7.63. The van der Waals surface area contributed by atoms with Gasteiger partial charge in [0.25, 0.3) is 5.91 Å². The fourth-order valence-electron chi connectivity index (χ4n) is 3.03. The molecule has 2 saturated heterocycles. The molecule has 1 aromatic rings. The molecular weight excluding hydrogens is 386 g/mol. The van der Waals surface area contributed by atoms with Crippen molar-refractivity contribution in [2.45, 2.75) is 12.2 Å². The van der Waals surface area contributed by atoms with Gasteiger partial charge in [-0.25, -0.2) is 0 Å². The topological polar surface area (TPSA) is 57.2 Å². The van der Waals surface area contributed by atoms with Crippen molar-refractivity contribution in [3.05, 3.63) is 52.6 Å². The van der Waals surface area contributed by atoms with Crippen LogP contribution in [0.15, 0.2) is 47.0 Å². The molecule has 140 valence electrons. The zero-order valence-corrected chi connectivity index (χ0v) is 16.3. The Balaban J connectivity index is 1.62. The van der Waals surface area contributed by atoms with Crippen LogP contribution in [0.1, 0.15) is 5.56 Å². The van der Waals surface area contributed by atoms with Crippen LogP contribution in [0.25, 0.3) is 6.08 Å². The van der Waals surface area contributed by atoms with Crippen LogP contribution in [-0.2, 0) is 14.3 Å². The largest absolute Gasteiger partial charge is 0.497 e. The number of benzene rings is 1. The first-order valence-corrected chi connectivity index (χ1v) is 9.46. The molecule has 1 aliphatic carbocycles. The number of hydrogen-bond acceptors (Lipinski definition) is 7. The molecule has 0 radical (unpaired) electrons. The van der Waals surface area contributed by atoms with Crippen molar-refractivity contribution in [2.75, 3.05) is 21.0 Å². The molecule has 0 aromatic heterocycles. The Labute approximate surface area is 166 Å². The number of ether oxygens (including phenoxy) is 4. The van der Waals surface area contributed by atoms with Gasteiger partial charge in [0.1, 0.15) is 30.5 Å². The van der Waals surface area contributed by atoms with E-state index in [0.717, 1.165) is 5.56 Å². The number of thioether (sulfide) groups is 1. The second kappa shape index (κ2) is 7.47. The summed E-state index contributed by atoms with van der Waals surface area (Å²) in [5.74, 6) is 1.13. The minimum absolute atomic E-state index is 0.105. The summed E-state index contributed by atoms with van der Waals surface area (Å²) in [5, 5.41) is 0. The predicted molar refractivity (Wildman–Crippen MR) is 106 cm³/mol. The van der Waals surface area contributed by atoms with E-state index in [4.69, 9.17) is 31.2 Å². The molecule has 0 N–H and O–H groups in total. The Morgan fingerprint density at radius 2 is 2.07 bits per heavy atom. The maximum atomic E-state index is 13.0. The minimum Gasteiger partial charge on any atom is -0.497 e. The lowest BCUT2D eigenvalue weighted by Crippen LogP contribution is -2.31. The number of fused-ring (bicyclic) bond motifs is 1. The van der Waals surface area contributed by atoms with Crippen molar-refractivity contribution in [1.29, 1.82) is 0 Å². The molecule has 0 bridgehead atoms. The Kier molecular flexibility index (Phi) is 5.05. The molecule has 2 aliphatic heterocycles. The molecule has 1 amide bonds. The van der Waals surface area contributed by atoms with Gasteiger partial charge in [0.05, 0.1) is 19.1 Å². The smallest absolute Gasteiger partial charge is 0.270 e. The van der Waals surface area contributed by atoms with Gasteiger partial charge in [-0.05, 0) is 30.4 Å². The maximum Gasteiger partial charge on any atom is 0.270 e. The van der Waals surface area contributed by atoms with Gasteiger partial charge in [-0.2, -0.15) is 0 Å². The zero-order chi connectivity index (χ0) is 19.0. The first-order valence-electron chi connectivity index (χ1n) is 8.24. The Bertz CT molecular complexity index is 892. The Morgan fingerprint density at radius 1 is 1.26 bits per heavy atom. The standard InChI is InChI=1S/C19H17NO5S2/c1-22-13-5-3-11(15(9-13)23-2)7-17-18(21)20(19(26)27-17)12-4-6-14-16(8-12)25-10-24-14/h3-9,14,16H,10H2,1-2H3/b17-7-/t14-,16+/m0/s1. The number of rotatable bonds is 4. The Morgan fingerprint density at radius 3 is 2.85 bits per heavy atom. The van der Waals surface area contributed by atoms with Crippen LogP contribution in [0.4, 0.5) is 0 Å². The van der Waals surface area contributed by atoms with Crippen molar-refractivity contribution in [1.82, 2.24) is 4.90 Å². The lowest BCUT2D eigenvalue weighted by Gasteiger charge is -2.22. The quantitative estimate of drug-likeness (QED) is 0.566. The monoisotopic (exact) mass is 403 g/mol. The van der Waals surface area contributed by atoms with E-state index in [1.807, 2.05) is 30.4 Å². The summed E-state index contributed by atoms with van der Waals surface area (Å²) >= 11 is 6.70. The molecule has 2 atom stereocenters. The van der Waals surface area contributed by atoms with Crippen LogP contribution < -0.4 is 9.47 Å². The molecule has 3 aliphatic rings. The number of hydrogen-bond donors (Lipinski definition) is 0. The predicted octanol–water partition coefficient (Wildman–Crippen LogP) is 3.10. The summed E-state index contributed by atoms with van der Waals surface area (Å²) in [4.78, 5) is 15.0. The summed E-state index contributed by atoms with van der Waals surface area (Å²) < 4.78 is 22.0. The second-order valence-electron chi connectivity index (χ2n) is 5.96. The maximum absolute atomic E-state index is 13.0. The van der Waals surface area contributed by atoms with E-state index in [1.165, 1.54) is 16.7 Å². The van der Waals surface area contributed by atoms with Crippen LogP contribution in [0.5, 0.6) is 11.5 Å². The third-order valence-electron chi connectivity index (χ3n) is 4.42. The van der Waals surface area contributed by atoms with E-state index in [2.05, 4.69) is 0 Å². The molecule has 0 spiro atoms. The zero-order valence-electron chi connectivity index (χ0n) is 14.7. The summed E-state index contributed by atoms with van der Waals surface area (Å²) in [5.41, 5.74) is 1.48. The lowest BCUT2D eigenvalue weighted by atomic mass is 10.1. The highest BCUT2D eigenvalue weighted by Gasteiger charge is 2.37. The van der Waals surface area contributed by atoms with E-state index in [0.29, 0.717) is 26.4 Å². The first kappa shape index (κ1) is 18.2. The van der Waals surface area contributed by atoms with E-state index in [1.54, 1.807) is 26.4 Å². The fraction of sp³-hybridized carbons (Fsp3) is 0.263. The van der Waals surface area contributed by atoms with Crippen molar-refractivity contribution in [3.8, 4) is 11.5 Å². The highest BCUT2D eigenvalue weighted by Crippen LogP contribution is 2.38. The van der Waals surface area contributed by atoms with Crippen LogP contribution in [0.2, 0.25) is 0 Å². The first-order chi connectivity index (χ1) is 13.1. The Hall–Kier alpha value is -2.13. The normalized spacial score (nSPS) is 25.8. The summed E-state index contributed by atoms with van der Waals surface area (Å²) in [7, 11) is 3.17. The highest BCUT2D eigenvalue weighted by molar-refractivity contribution is 8.26. The summed E-state index contributed by atoms with van der Waals surface area (Å²) in [6.45, 7) is 0.249. The highest BCUT2D eigenvalue weighted by atomic mass is 32.2. The third kappa shape index (κ3) is 3.41. The van der Waals surface area contributed by atoms with E-state index in [-0.39, 0.29) is 24.9 Å². The van der Waals surface area contributed by atoms with Gasteiger partial charge in [-0.1, -0.05) is 30.1 Å². The SMILES string of the molecule is COc1ccc(/C=C2\SC(=S)N(C3=C[C@H]4OCO[C@H]4C=C3)C2=O)c(OC)c1. The molecule has 0 unspecified atom stereocenters. The van der Waals surface area contributed by atoms with Crippen LogP contribution in [0.3, 0.4) is 0 Å². The number of thiocarbonyl (C=S) groups is 1. The number of amides is 1. The van der Waals surface area contributed by atoms with Gasteiger partial charge in [0.2, 0.25) is 0 Å². The van der Waals surface area contributed by atoms with Crippen LogP contribution >= 0.6 is 24.0 Å². The minimum atomic E-state index is -0.194. The average molecular weight is 403 g/mol. The van der Waals surface area contributed by atoms with Crippen molar-refractivity contribution < 1.29 is 23.7 Å². The molecule has 0 saturated carbocycles. The fourth-order valence-corrected chi connectivity index (χ4v) is 4.32. The van der Waals surface area contributed by atoms with Gasteiger partial charge < -0.3 is 18.9 Å². The number of methoxy groups -OCH3 is 2. The number of allylic oxidation sites excluding steroid dienone is 1. The van der Waals surface area contributed by atoms with Gasteiger partial charge in [0.15, 0.2) is 4.32 Å². The van der Waals surface area contributed by atoms with Crippen molar-refractivity contribution in [3.63, 3.8) is 0 Å². The molecule has 2 fully saturated rings. The van der Waals surface area contributed by atoms with Crippen molar-refractivity contribution >= 4 is 40.3 Å². The van der Waals surface area contributed by atoms with Gasteiger partial charge in [0, 0.05) is 17.3 Å². The van der Waals surface area contributed by atoms with Crippen molar-refractivity contribution in [2.24, 2.45) is 0 Å². The van der Waals surface area contributed by atoms with E-state index >= 15 is 0 Å². The molecular formula is C19H17NO5S2. The number of carbonyl (C=O) groups is 1. The molecule has 27 heavy (non-hydrogen) atoms. The van der Waals surface area contributed by atoms with Crippen LogP contribution in [-0.4, -0.2) is 48.3 Å². The molecule has 2 heterocycles. The number of carbonyl (C=O) groups excluding carboxylic acids is 1. The van der Waals surface area contributed by atoms with E-state index in [9.17, 15) is 4.79 Å². The average Bonchev–Trinajstić information content (AvgIpc) is 3.25. The summed E-state index contributed by atoms with van der Waals surface area (Å²) in [6.07, 6.45) is 7.09. The summed E-state index contributed by atoms with van der Waals surface area (Å²) in [6, 6.07) is 5.44. The van der Waals surface area contributed by atoms with Gasteiger partial charge >= 0.3 is 0 Å². The molecule has 4 rings (SSSR count). The van der Waals surface area contributed by atoms with Gasteiger partial charge in [-0.3, -0.25) is 9.69 Å². The molecule has 6 nitrogen and oxygen atoms in total. The van der Waals surface area contributed by atoms with E-state index < -0.39 is 0 Å². The molecule has 8 heteroatoms. The third-order valence-corrected chi connectivity index (χ3v) is 5.72.